The van der Waals surface area contributed by atoms with Gasteiger partial charge >= 0.3 is 0 Å². The maximum atomic E-state index is 12.3. The number of aromatic nitrogens is 1. The lowest BCUT2D eigenvalue weighted by Gasteiger charge is -2.17. The molecule has 23 heavy (non-hydrogen) atoms. The molecule has 1 aliphatic rings. The van der Waals surface area contributed by atoms with Crippen molar-refractivity contribution in [1.29, 1.82) is 0 Å². The largest absolute Gasteiger partial charge is 0.311 e. The van der Waals surface area contributed by atoms with E-state index >= 15 is 0 Å². The van der Waals surface area contributed by atoms with Crippen molar-refractivity contribution in [1.82, 2.24) is 9.71 Å². The molecule has 6 nitrogen and oxygen atoms in total. The predicted octanol–water partition coefficient (Wildman–Crippen LogP) is 1.60. The minimum Gasteiger partial charge on any atom is -0.311 e. The van der Waals surface area contributed by atoms with Crippen molar-refractivity contribution in [2.24, 2.45) is 0 Å². The number of hydrogen-bond acceptors (Lipinski definition) is 4. The molecule has 0 aliphatic carbocycles. The Morgan fingerprint density at radius 1 is 1.26 bits per heavy atom. The van der Waals surface area contributed by atoms with Crippen molar-refractivity contribution >= 4 is 33.2 Å². The summed E-state index contributed by atoms with van der Waals surface area (Å²) in [6.45, 7) is 0.252. The first-order valence-corrected chi connectivity index (χ1v) is 8.83. The van der Waals surface area contributed by atoms with Gasteiger partial charge < -0.3 is 4.90 Å². The van der Waals surface area contributed by atoms with Crippen LogP contribution >= 0.6 is 11.6 Å². The van der Waals surface area contributed by atoms with Gasteiger partial charge in [0.05, 0.1) is 6.54 Å². The van der Waals surface area contributed by atoms with E-state index in [4.69, 9.17) is 11.6 Å². The van der Waals surface area contributed by atoms with Crippen LogP contribution in [-0.2, 0) is 21.2 Å². The average Bonchev–Trinajstić information content (AvgIpc) is 2.97. The molecule has 1 aromatic heterocycles. The Bertz CT molecular complexity index is 837. The van der Waals surface area contributed by atoms with Crippen molar-refractivity contribution < 1.29 is 13.2 Å². The van der Waals surface area contributed by atoms with Gasteiger partial charge in [0.2, 0.25) is 15.9 Å². The fraction of sp³-hybridized carbons (Fsp3) is 0.200. The second-order valence-corrected chi connectivity index (χ2v) is 7.22. The number of nitrogens with zero attached hydrogens (tertiary/aromatic N) is 2. The van der Waals surface area contributed by atoms with Crippen molar-refractivity contribution in [3.8, 4) is 0 Å². The average molecular weight is 352 g/mol. The van der Waals surface area contributed by atoms with Gasteiger partial charge in [0, 0.05) is 18.4 Å². The lowest BCUT2D eigenvalue weighted by Crippen LogP contribution is -2.39. The Balaban J connectivity index is 1.69. The number of amides is 1. The molecule has 0 spiro atoms. The standard InChI is InChI=1S/C15H14ClN3O3S/c16-14-6-5-12(9-17-14)23(21,22)18-10-15(20)19-8-7-11-3-1-2-4-13(11)19/h1-6,9,18H,7-8,10H2. The Kier molecular flexibility index (Phi) is 4.34. The molecule has 0 radical (unpaired) electrons. The topological polar surface area (TPSA) is 79.4 Å². The minimum atomic E-state index is -3.80. The quantitative estimate of drug-likeness (QED) is 0.849. The molecule has 120 valence electrons. The molecular weight excluding hydrogens is 338 g/mol. The predicted molar refractivity (Wildman–Crippen MR) is 86.9 cm³/mol. The highest BCUT2D eigenvalue weighted by Crippen LogP contribution is 2.27. The number of halogens is 1. The molecule has 0 bridgehead atoms. The van der Waals surface area contributed by atoms with Crippen LogP contribution in [0.25, 0.3) is 0 Å². The molecule has 2 aromatic rings. The zero-order chi connectivity index (χ0) is 16.4. The molecule has 0 unspecified atom stereocenters. The van der Waals surface area contributed by atoms with E-state index in [1.807, 2.05) is 24.3 Å². The van der Waals surface area contributed by atoms with Gasteiger partial charge in [-0.25, -0.2) is 18.1 Å². The highest BCUT2D eigenvalue weighted by molar-refractivity contribution is 7.89. The number of hydrogen-bond donors (Lipinski definition) is 1. The zero-order valence-electron chi connectivity index (χ0n) is 12.1. The summed E-state index contributed by atoms with van der Waals surface area (Å²) >= 11 is 5.64. The van der Waals surface area contributed by atoms with Crippen LogP contribution in [-0.4, -0.2) is 32.4 Å². The molecule has 1 N–H and O–H groups in total. The monoisotopic (exact) mass is 351 g/mol. The summed E-state index contributed by atoms with van der Waals surface area (Å²) in [6.07, 6.45) is 1.93. The number of carbonyl (C=O) groups excluding carboxylic acids is 1. The maximum Gasteiger partial charge on any atom is 0.242 e. The van der Waals surface area contributed by atoms with Gasteiger partial charge in [0.15, 0.2) is 0 Å². The fourth-order valence-corrected chi connectivity index (χ4v) is 3.48. The Morgan fingerprint density at radius 3 is 2.78 bits per heavy atom. The first-order chi connectivity index (χ1) is 11.0. The summed E-state index contributed by atoms with van der Waals surface area (Å²) in [4.78, 5) is 17.6. The van der Waals surface area contributed by atoms with Crippen LogP contribution in [0.1, 0.15) is 5.56 Å². The second-order valence-electron chi connectivity index (χ2n) is 5.07. The van der Waals surface area contributed by atoms with Crippen LogP contribution in [0, 0.1) is 0 Å². The van der Waals surface area contributed by atoms with Crippen LogP contribution in [0.15, 0.2) is 47.5 Å². The van der Waals surface area contributed by atoms with E-state index in [0.717, 1.165) is 23.9 Å². The number of anilines is 1. The lowest BCUT2D eigenvalue weighted by molar-refractivity contribution is -0.117. The number of sulfonamides is 1. The molecular formula is C15H14ClN3O3S. The van der Waals surface area contributed by atoms with Gasteiger partial charge in [-0.05, 0) is 30.2 Å². The van der Waals surface area contributed by atoms with Gasteiger partial charge in [-0.3, -0.25) is 4.79 Å². The molecule has 1 amide bonds. The van der Waals surface area contributed by atoms with E-state index in [1.165, 1.54) is 12.1 Å². The molecule has 0 fully saturated rings. The van der Waals surface area contributed by atoms with Crippen LogP contribution in [0.2, 0.25) is 5.15 Å². The first kappa shape index (κ1) is 15.9. The Labute approximate surface area is 139 Å². The highest BCUT2D eigenvalue weighted by Gasteiger charge is 2.25. The molecule has 0 saturated carbocycles. The van der Waals surface area contributed by atoms with E-state index in [1.54, 1.807) is 4.90 Å². The number of benzene rings is 1. The van der Waals surface area contributed by atoms with Crippen LogP contribution in [0.3, 0.4) is 0 Å². The summed E-state index contributed by atoms with van der Waals surface area (Å²) in [7, 11) is -3.80. The van der Waals surface area contributed by atoms with Crippen molar-refractivity contribution in [3.05, 3.63) is 53.3 Å². The van der Waals surface area contributed by atoms with Gasteiger partial charge in [-0.2, -0.15) is 0 Å². The van der Waals surface area contributed by atoms with Crippen molar-refractivity contribution in [2.75, 3.05) is 18.0 Å². The summed E-state index contributed by atoms with van der Waals surface area (Å²) in [5.74, 6) is -0.291. The second kappa shape index (κ2) is 6.27. The molecule has 1 aromatic carbocycles. The summed E-state index contributed by atoms with van der Waals surface area (Å²) in [5, 5.41) is 0.203. The SMILES string of the molecule is O=C(CNS(=O)(=O)c1ccc(Cl)nc1)N1CCc2ccccc21. The molecule has 2 heterocycles. The van der Waals surface area contributed by atoms with Crippen LogP contribution < -0.4 is 9.62 Å². The number of carbonyl (C=O) groups is 1. The smallest absolute Gasteiger partial charge is 0.242 e. The van der Waals surface area contributed by atoms with E-state index in [9.17, 15) is 13.2 Å². The van der Waals surface area contributed by atoms with E-state index < -0.39 is 10.0 Å². The van der Waals surface area contributed by atoms with Crippen LogP contribution in [0.5, 0.6) is 0 Å². The van der Waals surface area contributed by atoms with E-state index in [-0.39, 0.29) is 22.5 Å². The molecule has 8 heteroatoms. The number of rotatable bonds is 4. The van der Waals surface area contributed by atoms with E-state index in [2.05, 4.69) is 9.71 Å². The van der Waals surface area contributed by atoms with E-state index in [0.29, 0.717) is 6.54 Å². The molecule has 0 saturated heterocycles. The third kappa shape index (κ3) is 3.36. The third-order valence-corrected chi connectivity index (χ3v) is 5.22. The normalized spacial score (nSPS) is 13.9. The maximum absolute atomic E-state index is 12.3. The summed E-state index contributed by atoms with van der Waals surface area (Å²) in [5.41, 5.74) is 1.93. The minimum absolute atomic E-state index is 0.0310. The van der Waals surface area contributed by atoms with Gasteiger partial charge in [0.25, 0.3) is 0 Å². The molecule has 1 aliphatic heterocycles. The van der Waals surface area contributed by atoms with Gasteiger partial charge in [0.1, 0.15) is 10.0 Å². The summed E-state index contributed by atoms with van der Waals surface area (Å²) < 4.78 is 26.6. The third-order valence-electron chi connectivity index (χ3n) is 3.61. The molecule has 3 rings (SSSR count). The van der Waals surface area contributed by atoms with Crippen LogP contribution in [0.4, 0.5) is 5.69 Å². The number of para-hydroxylation sites is 1. The zero-order valence-corrected chi connectivity index (χ0v) is 13.6. The van der Waals surface area contributed by atoms with Gasteiger partial charge in [-0.1, -0.05) is 29.8 Å². The van der Waals surface area contributed by atoms with Gasteiger partial charge in [-0.15, -0.1) is 0 Å². The van der Waals surface area contributed by atoms with Crippen molar-refractivity contribution in [2.45, 2.75) is 11.3 Å². The Hall–Kier alpha value is -1.96. The fourth-order valence-electron chi connectivity index (χ4n) is 2.45. The molecule has 0 atom stereocenters. The highest BCUT2D eigenvalue weighted by atomic mass is 35.5. The number of pyridine rings is 1. The Morgan fingerprint density at radius 2 is 2.04 bits per heavy atom. The summed E-state index contributed by atoms with van der Waals surface area (Å²) in [6, 6.07) is 10.3. The van der Waals surface area contributed by atoms with Crippen molar-refractivity contribution in [3.63, 3.8) is 0 Å². The first-order valence-electron chi connectivity index (χ1n) is 6.97. The lowest BCUT2D eigenvalue weighted by atomic mass is 10.2. The number of fused-ring (bicyclic) bond motifs is 1. The number of nitrogens with one attached hydrogen (secondary N) is 1.